The van der Waals surface area contributed by atoms with Gasteiger partial charge in [-0.15, -0.1) is 0 Å². The van der Waals surface area contributed by atoms with Crippen molar-refractivity contribution in [3.05, 3.63) is 131 Å². The van der Waals surface area contributed by atoms with Gasteiger partial charge in [0.05, 0.1) is 0 Å². The first kappa shape index (κ1) is 22.4. The van der Waals surface area contributed by atoms with Crippen LogP contribution in [0, 0.1) is 13.8 Å². The van der Waals surface area contributed by atoms with Gasteiger partial charge in [0.1, 0.15) is 11.5 Å². The monoisotopic (exact) mass is 466 g/mol. The Kier molecular flexibility index (Phi) is 5.30. The van der Waals surface area contributed by atoms with Gasteiger partial charge in [0.15, 0.2) is 0 Å². The molecule has 0 bridgehead atoms. The maximum Gasteiger partial charge on any atom is 0.135 e. The smallest absolute Gasteiger partial charge is 0.135 e. The third-order valence-corrected chi connectivity index (χ3v) is 7.66. The van der Waals surface area contributed by atoms with Gasteiger partial charge in [-0.1, -0.05) is 105 Å². The molecule has 1 aliphatic heterocycles. The van der Waals surface area contributed by atoms with Crippen LogP contribution < -0.4 is 4.74 Å². The minimum Gasteiger partial charge on any atom is -0.456 e. The summed E-state index contributed by atoms with van der Waals surface area (Å²) in [7, 11) is 0. The summed E-state index contributed by atoms with van der Waals surface area (Å²) in [6, 6.07) is 39.1. The second-order valence-electron chi connectivity index (χ2n) is 10.3. The van der Waals surface area contributed by atoms with Crippen LogP contribution in [0.1, 0.15) is 36.1 Å². The summed E-state index contributed by atoms with van der Waals surface area (Å²) in [5.74, 6) is 1.79. The molecule has 1 heterocycles. The predicted octanol–water partition coefficient (Wildman–Crippen LogP) is 9.74. The van der Waals surface area contributed by atoms with E-state index in [1.807, 2.05) is 6.07 Å². The van der Waals surface area contributed by atoms with Crippen LogP contribution in [0.4, 0.5) is 0 Å². The summed E-state index contributed by atoms with van der Waals surface area (Å²) in [5.41, 5.74) is 12.3. The number of aryl methyl sites for hydroxylation is 2. The van der Waals surface area contributed by atoms with E-state index in [9.17, 15) is 0 Å². The lowest BCUT2D eigenvalue weighted by Gasteiger charge is -2.30. The molecule has 36 heavy (non-hydrogen) atoms. The van der Waals surface area contributed by atoms with Gasteiger partial charge in [0.25, 0.3) is 0 Å². The van der Waals surface area contributed by atoms with E-state index in [0.29, 0.717) is 0 Å². The average molecular weight is 467 g/mol. The highest BCUT2D eigenvalue weighted by molar-refractivity contribution is 5.92. The van der Waals surface area contributed by atoms with Gasteiger partial charge in [0, 0.05) is 16.5 Å². The van der Waals surface area contributed by atoms with E-state index >= 15 is 0 Å². The van der Waals surface area contributed by atoms with E-state index in [2.05, 4.69) is 131 Å². The number of rotatable bonds is 3. The van der Waals surface area contributed by atoms with E-state index in [1.165, 1.54) is 44.5 Å². The zero-order chi connectivity index (χ0) is 24.9. The Balaban J connectivity index is 1.50. The third-order valence-electron chi connectivity index (χ3n) is 7.66. The molecule has 1 heteroatoms. The van der Waals surface area contributed by atoms with Crippen LogP contribution in [0.5, 0.6) is 11.5 Å². The standard InChI is InChI=1S/C35H30O/c1-23-11-5-9-15-31(23)35(3,4)32-22-26(18-17-24(32)2)25-19-20-34-30(21-25)28-13-7-6-12-27(28)29-14-8-10-16-33(29)36-34/h5-22H,1-4H3. The molecule has 0 saturated heterocycles. The van der Waals surface area contributed by atoms with Crippen molar-refractivity contribution in [3.8, 4) is 44.9 Å². The first-order valence-electron chi connectivity index (χ1n) is 12.6. The van der Waals surface area contributed by atoms with E-state index < -0.39 is 0 Å². The van der Waals surface area contributed by atoms with Crippen LogP contribution in [0.3, 0.4) is 0 Å². The van der Waals surface area contributed by atoms with Crippen molar-refractivity contribution in [2.45, 2.75) is 33.1 Å². The normalized spacial score (nSPS) is 12.1. The average Bonchev–Trinajstić information content (AvgIpc) is 3.03. The van der Waals surface area contributed by atoms with Gasteiger partial charge in [-0.2, -0.15) is 0 Å². The van der Waals surface area contributed by atoms with Gasteiger partial charge in [-0.25, -0.2) is 0 Å². The third kappa shape index (κ3) is 3.63. The first-order valence-corrected chi connectivity index (χ1v) is 12.6. The molecule has 5 aromatic rings. The molecule has 5 aromatic carbocycles. The van der Waals surface area contributed by atoms with Gasteiger partial charge < -0.3 is 4.74 Å². The number of fused-ring (bicyclic) bond motifs is 5. The highest BCUT2D eigenvalue weighted by atomic mass is 16.5. The second-order valence-corrected chi connectivity index (χ2v) is 10.3. The van der Waals surface area contributed by atoms with Crippen molar-refractivity contribution < 1.29 is 4.74 Å². The van der Waals surface area contributed by atoms with Crippen molar-refractivity contribution in [2.24, 2.45) is 0 Å². The lowest BCUT2D eigenvalue weighted by molar-refractivity contribution is 0.488. The van der Waals surface area contributed by atoms with Gasteiger partial charge in [0.2, 0.25) is 0 Å². The fourth-order valence-electron chi connectivity index (χ4n) is 5.75. The maximum absolute atomic E-state index is 6.44. The van der Waals surface area contributed by atoms with Crippen molar-refractivity contribution >= 4 is 0 Å². The Bertz CT molecular complexity index is 1610. The molecule has 1 aliphatic rings. The largest absolute Gasteiger partial charge is 0.456 e. The number of para-hydroxylation sites is 1. The van der Waals surface area contributed by atoms with E-state index in [0.717, 1.165) is 22.6 Å². The molecule has 0 radical (unpaired) electrons. The number of hydrogen-bond acceptors (Lipinski definition) is 1. The number of ether oxygens (including phenoxy) is 1. The summed E-state index contributed by atoms with van der Waals surface area (Å²) >= 11 is 0. The van der Waals surface area contributed by atoms with Crippen LogP contribution >= 0.6 is 0 Å². The van der Waals surface area contributed by atoms with Crippen LogP contribution in [-0.2, 0) is 5.41 Å². The number of benzene rings is 5. The molecule has 1 nitrogen and oxygen atoms in total. The van der Waals surface area contributed by atoms with Crippen molar-refractivity contribution in [1.82, 2.24) is 0 Å². The molecule has 0 atom stereocenters. The Morgan fingerprint density at radius 1 is 0.472 bits per heavy atom. The highest BCUT2D eigenvalue weighted by Gasteiger charge is 2.27. The molecule has 0 unspecified atom stereocenters. The molecule has 0 fully saturated rings. The lowest BCUT2D eigenvalue weighted by atomic mass is 9.74. The molecule has 0 spiro atoms. The summed E-state index contributed by atoms with van der Waals surface area (Å²) in [4.78, 5) is 0. The van der Waals surface area contributed by atoms with Gasteiger partial charge in [-0.3, -0.25) is 0 Å². The molecule has 176 valence electrons. The molecular formula is C35H30O. The Morgan fingerprint density at radius 3 is 1.81 bits per heavy atom. The molecule has 6 rings (SSSR count). The van der Waals surface area contributed by atoms with Crippen LogP contribution in [0.2, 0.25) is 0 Å². The van der Waals surface area contributed by atoms with Crippen LogP contribution in [0.25, 0.3) is 33.4 Å². The molecule has 0 N–H and O–H groups in total. The highest BCUT2D eigenvalue weighted by Crippen LogP contribution is 2.47. The summed E-state index contributed by atoms with van der Waals surface area (Å²) in [6.07, 6.45) is 0. The fourth-order valence-corrected chi connectivity index (χ4v) is 5.75. The minimum absolute atomic E-state index is 0.103. The van der Waals surface area contributed by atoms with Crippen molar-refractivity contribution in [2.75, 3.05) is 0 Å². The first-order chi connectivity index (χ1) is 17.4. The fraction of sp³-hybridized carbons (Fsp3) is 0.143. The second kappa shape index (κ2) is 8.53. The van der Waals surface area contributed by atoms with Crippen LogP contribution in [0.15, 0.2) is 109 Å². The summed E-state index contributed by atoms with van der Waals surface area (Å²) in [6.45, 7) is 9.09. The Morgan fingerprint density at radius 2 is 1.03 bits per heavy atom. The van der Waals surface area contributed by atoms with E-state index in [-0.39, 0.29) is 5.41 Å². The van der Waals surface area contributed by atoms with E-state index in [4.69, 9.17) is 4.74 Å². The maximum atomic E-state index is 6.44. The predicted molar refractivity (Wildman–Crippen MR) is 151 cm³/mol. The van der Waals surface area contributed by atoms with Gasteiger partial charge in [-0.05, 0) is 76.6 Å². The molecule has 0 amide bonds. The molecule has 0 saturated carbocycles. The number of hydrogen-bond donors (Lipinski definition) is 0. The SMILES string of the molecule is Cc1ccccc1C(C)(C)c1cc(-c2ccc3c(c2)-c2ccccc2-c2ccccc2O3)ccc1C. The molecule has 0 aromatic heterocycles. The lowest BCUT2D eigenvalue weighted by Crippen LogP contribution is -2.21. The summed E-state index contributed by atoms with van der Waals surface area (Å²) < 4.78 is 6.44. The van der Waals surface area contributed by atoms with Crippen molar-refractivity contribution in [1.29, 1.82) is 0 Å². The van der Waals surface area contributed by atoms with E-state index in [1.54, 1.807) is 0 Å². The molecular weight excluding hydrogens is 436 g/mol. The quantitative estimate of drug-likeness (QED) is 0.252. The Hall–Kier alpha value is -4.10. The minimum atomic E-state index is -0.103. The Labute approximate surface area is 214 Å². The van der Waals surface area contributed by atoms with Crippen LogP contribution in [-0.4, -0.2) is 0 Å². The summed E-state index contributed by atoms with van der Waals surface area (Å²) in [5, 5.41) is 0. The van der Waals surface area contributed by atoms with Crippen molar-refractivity contribution in [3.63, 3.8) is 0 Å². The molecule has 0 aliphatic carbocycles. The zero-order valence-electron chi connectivity index (χ0n) is 21.3. The van der Waals surface area contributed by atoms with Gasteiger partial charge >= 0.3 is 0 Å². The topological polar surface area (TPSA) is 9.23 Å². The zero-order valence-corrected chi connectivity index (χ0v) is 21.3.